The van der Waals surface area contributed by atoms with Gasteiger partial charge in [-0.25, -0.2) is 9.97 Å². The molecule has 7 nitrogen and oxygen atoms in total. The maximum Gasteiger partial charge on any atom is 0.223 e. The van der Waals surface area contributed by atoms with Crippen LogP contribution in [0, 0.1) is 6.92 Å². The van der Waals surface area contributed by atoms with E-state index in [0.717, 1.165) is 26.9 Å². The number of hydrogen-bond donors (Lipinski definition) is 1. The van der Waals surface area contributed by atoms with E-state index in [-0.39, 0.29) is 6.61 Å². The maximum atomic E-state index is 5.65. The van der Waals surface area contributed by atoms with Gasteiger partial charge >= 0.3 is 0 Å². The van der Waals surface area contributed by atoms with Crippen molar-refractivity contribution in [1.29, 1.82) is 0 Å². The summed E-state index contributed by atoms with van der Waals surface area (Å²) >= 11 is 3.48. The van der Waals surface area contributed by atoms with Crippen LogP contribution >= 0.6 is 15.9 Å². The fraction of sp³-hybridized carbons (Fsp3) is 0.111. The fourth-order valence-electron chi connectivity index (χ4n) is 2.45. The Morgan fingerprint density at radius 2 is 1.96 bits per heavy atom. The van der Waals surface area contributed by atoms with Crippen molar-refractivity contribution in [1.82, 2.24) is 20.1 Å². The summed E-state index contributed by atoms with van der Waals surface area (Å²) in [5, 5.41) is 8.05. The van der Waals surface area contributed by atoms with Gasteiger partial charge in [0.1, 0.15) is 17.9 Å². The second-order valence-corrected chi connectivity index (χ2v) is 6.47. The lowest BCUT2D eigenvalue weighted by Gasteiger charge is -2.09. The highest BCUT2D eigenvalue weighted by atomic mass is 79.9. The van der Waals surface area contributed by atoms with E-state index in [1.165, 1.54) is 0 Å². The lowest BCUT2D eigenvalue weighted by molar-refractivity contribution is 0.286. The molecule has 26 heavy (non-hydrogen) atoms. The van der Waals surface area contributed by atoms with E-state index in [2.05, 4.69) is 41.4 Å². The molecule has 0 bridgehead atoms. The van der Waals surface area contributed by atoms with E-state index in [1.54, 1.807) is 13.3 Å². The summed E-state index contributed by atoms with van der Waals surface area (Å²) in [7, 11) is 0. The molecule has 0 aliphatic heterocycles. The predicted octanol–water partition coefficient (Wildman–Crippen LogP) is 4.41. The minimum absolute atomic E-state index is 0.259. The van der Waals surface area contributed by atoms with Gasteiger partial charge in [0.2, 0.25) is 11.7 Å². The largest absolute Gasteiger partial charge is 0.485 e. The van der Waals surface area contributed by atoms with Crippen LogP contribution in [0.3, 0.4) is 0 Å². The first-order valence-corrected chi connectivity index (χ1v) is 8.66. The molecule has 0 atom stereocenters. The molecule has 4 aromatic rings. The molecule has 2 heterocycles. The van der Waals surface area contributed by atoms with Crippen LogP contribution in [-0.4, -0.2) is 20.1 Å². The zero-order valence-electron chi connectivity index (χ0n) is 13.8. The minimum Gasteiger partial charge on any atom is -0.485 e. The highest BCUT2D eigenvalue weighted by molar-refractivity contribution is 9.10. The van der Waals surface area contributed by atoms with Gasteiger partial charge in [-0.15, -0.1) is 0 Å². The Bertz CT molecular complexity index is 1050. The molecule has 130 valence electrons. The third-order valence-electron chi connectivity index (χ3n) is 3.65. The molecule has 0 fully saturated rings. The van der Waals surface area contributed by atoms with Crippen LogP contribution in [0.25, 0.3) is 10.9 Å². The first-order valence-electron chi connectivity index (χ1n) is 7.87. The van der Waals surface area contributed by atoms with Crippen molar-refractivity contribution in [3.63, 3.8) is 0 Å². The minimum atomic E-state index is 0.259. The number of benzene rings is 2. The number of fused-ring (bicyclic) bond motifs is 1. The lowest BCUT2D eigenvalue weighted by Crippen LogP contribution is -1.98. The smallest absolute Gasteiger partial charge is 0.223 e. The van der Waals surface area contributed by atoms with Crippen molar-refractivity contribution in [2.75, 3.05) is 5.32 Å². The molecule has 0 amide bonds. The van der Waals surface area contributed by atoms with Crippen molar-refractivity contribution in [3.8, 4) is 5.75 Å². The average molecular weight is 412 g/mol. The molecule has 1 N–H and O–H groups in total. The van der Waals surface area contributed by atoms with Crippen LogP contribution in [0.5, 0.6) is 5.75 Å². The quantitative estimate of drug-likeness (QED) is 0.520. The van der Waals surface area contributed by atoms with Crippen LogP contribution in [0.4, 0.5) is 11.5 Å². The molecule has 2 aromatic carbocycles. The van der Waals surface area contributed by atoms with Gasteiger partial charge in [0.05, 0.1) is 5.52 Å². The van der Waals surface area contributed by atoms with Gasteiger partial charge in [0.15, 0.2) is 6.61 Å². The lowest BCUT2D eigenvalue weighted by atomic mass is 10.2. The number of nitrogens with zero attached hydrogens (tertiary/aromatic N) is 4. The van der Waals surface area contributed by atoms with E-state index < -0.39 is 0 Å². The number of rotatable bonds is 5. The topological polar surface area (TPSA) is 86.0 Å². The molecule has 4 rings (SSSR count). The summed E-state index contributed by atoms with van der Waals surface area (Å²) in [5.41, 5.74) is 1.77. The van der Waals surface area contributed by atoms with Crippen LogP contribution < -0.4 is 10.1 Å². The Kier molecular flexibility index (Phi) is 4.49. The highest BCUT2D eigenvalue weighted by Gasteiger charge is 2.06. The molecular formula is C18H14BrN5O2. The monoisotopic (exact) mass is 411 g/mol. The molecular weight excluding hydrogens is 398 g/mol. The summed E-state index contributed by atoms with van der Waals surface area (Å²) < 4.78 is 11.5. The number of aryl methyl sites for hydroxylation is 1. The number of aromatic nitrogens is 4. The number of halogens is 1. The second kappa shape index (κ2) is 7.09. The van der Waals surface area contributed by atoms with Crippen molar-refractivity contribution < 1.29 is 9.26 Å². The van der Waals surface area contributed by atoms with Crippen LogP contribution in [0.1, 0.15) is 11.7 Å². The second-order valence-electron chi connectivity index (χ2n) is 5.55. The molecule has 0 aliphatic carbocycles. The van der Waals surface area contributed by atoms with Crippen molar-refractivity contribution in [3.05, 3.63) is 65.0 Å². The Morgan fingerprint density at radius 3 is 2.73 bits per heavy atom. The van der Waals surface area contributed by atoms with E-state index >= 15 is 0 Å². The zero-order chi connectivity index (χ0) is 17.9. The Labute approximate surface area is 157 Å². The Hall–Kier alpha value is -3.00. The van der Waals surface area contributed by atoms with Crippen LogP contribution in [-0.2, 0) is 6.61 Å². The molecule has 0 unspecified atom stereocenters. The van der Waals surface area contributed by atoms with Gasteiger partial charge < -0.3 is 14.6 Å². The summed E-state index contributed by atoms with van der Waals surface area (Å²) in [4.78, 5) is 12.7. The fourth-order valence-corrected chi connectivity index (χ4v) is 2.81. The number of hydrogen-bond acceptors (Lipinski definition) is 7. The van der Waals surface area contributed by atoms with E-state index in [0.29, 0.717) is 17.5 Å². The summed E-state index contributed by atoms with van der Waals surface area (Å²) in [6.07, 6.45) is 1.54. The van der Waals surface area contributed by atoms with Crippen LogP contribution in [0.2, 0.25) is 0 Å². The third-order valence-corrected chi connectivity index (χ3v) is 4.15. The van der Waals surface area contributed by atoms with Crippen molar-refractivity contribution in [2.45, 2.75) is 13.5 Å². The van der Waals surface area contributed by atoms with Gasteiger partial charge in [0.25, 0.3) is 0 Å². The summed E-state index contributed by atoms with van der Waals surface area (Å²) in [5.74, 6) is 2.50. The average Bonchev–Trinajstić information content (AvgIpc) is 3.07. The SMILES string of the molecule is Cc1nc(COc2ccc(Nc3ncnc4ccc(Br)cc34)cc2)no1. The normalized spacial score (nSPS) is 10.8. The van der Waals surface area contributed by atoms with E-state index in [1.807, 2.05) is 42.5 Å². The van der Waals surface area contributed by atoms with Crippen molar-refractivity contribution >= 4 is 38.3 Å². The first-order chi connectivity index (χ1) is 12.7. The molecule has 0 saturated heterocycles. The Balaban J connectivity index is 1.48. The van der Waals surface area contributed by atoms with Gasteiger partial charge in [-0.2, -0.15) is 4.98 Å². The third kappa shape index (κ3) is 3.65. The summed E-state index contributed by atoms with van der Waals surface area (Å²) in [6, 6.07) is 13.5. The molecule has 0 saturated carbocycles. The van der Waals surface area contributed by atoms with Crippen molar-refractivity contribution in [2.24, 2.45) is 0 Å². The van der Waals surface area contributed by atoms with Gasteiger partial charge in [-0.1, -0.05) is 21.1 Å². The molecule has 0 spiro atoms. The number of anilines is 2. The highest BCUT2D eigenvalue weighted by Crippen LogP contribution is 2.26. The number of ether oxygens (including phenoxy) is 1. The van der Waals surface area contributed by atoms with E-state index in [9.17, 15) is 0 Å². The van der Waals surface area contributed by atoms with Crippen LogP contribution in [0.15, 0.2) is 57.8 Å². The van der Waals surface area contributed by atoms with Gasteiger partial charge in [-0.3, -0.25) is 0 Å². The van der Waals surface area contributed by atoms with Gasteiger partial charge in [0, 0.05) is 22.5 Å². The molecule has 2 aromatic heterocycles. The number of nitrogens with one attached hydrogen (secondary N) is 1. The van der Waals surface area contributed by atoms with Gasteiger partial charge in [-0.05, 0) is 42.5 Å². The molecule has 8 heteroatoms. The maximum absolute atomic E-state index is 5.65. The molecule has 0 radical (unpaired) electrons. The predicted molar refractivity (Wildman–Crippen MR) is 100 cm³/mol. The summed E-state index contributed by atoms with van der Waals surface area (Å²) in [6.45, 7) is 2.00. The molecule has 0 aliphatic rings. The zero-order valence-corrected chi connectivity index (χ0v) is 15.4. The van der Waals surface area contributed by atoms with E-state index in [4.69, 9.17) is 9.26 Å². The Morgan fingerprint density at radius 1 is 1.12 bits per heavy atom. The standard InChI is InChI=1S/C18H14BrN5O2/c1-11-22-17(24-26-11)9-25-14-5-3-13(4-6-14)23-18-15-8-12(19)2-7-16(15)20-10-21-18/h2-8,10H,9H2,1H3,(H,20,21,23). The first kappa shape index (κ1) is 16.5.